The number of hydrogen-bond donors (Lipinski definition) is 2. The van der Waals surface area contributed by atoms with E-state index in [4.69, 9.17) is 5.73 Å². The number of aliphatic hydroxyl groups is 1. The number of nitrogens with zero attached hydrogens (tertiary/aromatic N) is 2. The van der Waals surface area contributed by atoms with Crippen LogP contribution in [0.1, 0.15) is 17.5 Å². The third-order valence-corrected chi connectivity index (χ3v) is 2.65. The number of aryl methyl sites for hydroxylation is 1. The Labute approximate surface area is 94.4 Å². The first-order chi connectivity index (χ1) is 7.68. The fourth-order valence-electron chi connectivity index (χ4n) is 1.69. The molecule has 1 aromatic carbocycles. The summed E-state index contributed by atoms with van der Waals surface area (Å²) in [6, 6.07) is 7.35. The van der Waals surface area contributed by atoms with Crippen LogP contribution < -0.4 is 5.73 Å². The minimum absolute atomic E-state index is 0.470. The van der Waals surface area contributed by atoms with Gasteiger partial charge in [0.2, 0.25) is 0 Å². The number of hydrogen-bond acceptors (Lipinski definition) is 3. The van der Waals surface area contributed by atoms with Crippen LogP contribution in [0.2, 0.25) is 0 Å². The predicted molar refractivity (Wildman–Crippen MR) is 62.7 cm³/mol. The standard InChI is InChI=1S/C12H15N3O/c1-15-7-6-14-12(15)8-11(16)9-4-2-3-5-10(9)13/h2-7,11,16H,8,13H2,1H3. The van der Waals surface area contributed by atoms with Gasteiger partial charge in [0.05, 0.1) is 6.10 Å². The Kier molecular flexibility index (Phi) is 2.92. The molecule has 0 saturated carbocycles. The summed E-state index contributed by atoms with van der Waals surface area (Å²) in [5.41, 5.74) is 7.17. The minimum Gasteiger partial charge on any atom is -0.398 e. The lowest BCUT2D eigenvalue weighted by Crippen LogP contribution is -2.08. The zero-order valence-corrected chi connectivity index (χ0v) is 9.17. The molecule has 0 radical (unpaired) electrons. The molecule has 0 bridgehead atoms. The van der Waals surface area contributed by atoms with Gasteiger partial charge in [0.1, 0.15) is 5.82 Å². The number of para-hydroxylation sites is 1. The summed E-state index contributed by atoms with van der Waals surface area (Å²) in [5, 5.41) is 10.1. The molecule has 0 aliphatic heterocycles. The highest BCUT2D eigenvalue weighted by molar-refractivity contribution is 5.47. The van der Waals surface area contributed by atoms with Gasteiger partial charge in [-0.3, -0.25) is 0 Å². The molecule has 16 heavy (non-hydrogen) atoms. The summed E-state index contributed by atoms with van der Waals surface area (Å²) in [7, 11) is 1.91. The molecule has 4 nitrogen and oxygen atoms in total. The van der Waals surface area contributed by atoms with Crippen molar-refractivity contribution in [1.82, 2.24) is 9.55 Å². The fourth-order valence-corrected chi connectivity index (χ4v) is 1.69. The van der Waals surface area contributed by atoms with Crippen LogP contribution in [-0.2, 0) is 13.5 Å². The van der Waals surface area contributed by atoms with Crippen molar-refractivity contribution in [3.05, 3.63) is 48.0 Å². The van der Waals surface area contributed by atoms with Gasteiger partial charge in [-0.25, -0.2) is 4.98 Å². The Morgan fingerprint density at radius 1 is 1.44 bits per heavy atom. The normalized spacial score (nSPS) is 12.6. The minimum atomic E-state index is -0.609. The number of imidazole rings is 1. The van der Waals surface area contributed by atoms with Crippen molar-refractivity contribution >= 4 is 5.69 Å². The molecule has 4 heteroatoms. The van der Waals surface area contributed by atoms with Gasteiger partial charge in [-0.1, -0.05) is 18.2 Å². The lowest BCUT2D eigenvalue weighted by Gasteiger charge is -2.12. The van der Waals surface area contributed by atoms with E-state index in [0.29, 0.717) is 12.1 Å². The highest BCUT2D eigenvalue weighted by Crippen LogP contribution is 2.22. The Morgan fingerprint density at radius 3 is 2.81 bits per heavy atom. The largest absolute Gasteiger partial charge is 0.398 e. The van der Waals surface area contributed by atoms with Gasteiger partial charge in [0, 0.05) is 37.1 Å². The summed E-state index contributed by atoms with van der Waals surface area (Å²) >= 11 is 0. The molecular formula is C12H15N3O. The Balaban J connectivity index is 2.18. The van der Waals surface area contributed by atoms with E-state index in [9.17, 15) is 5.11 Å². The number of benzene rings is 1. The zero-order chi connectivity index (χ0) is 11.5. The molecule has 3 N–H and O–H groups in total. The summed E-state index contributed by atoms with van der Waals surface area (Å²) in [5.74, 6) is 0.843. The molecule has 2 rings (SSSR count). The molecule has 0 aliphatic carbocycles. The van der Waals surface area contributed by atoms with Gasteiger partial charge in [0.25, 0.3) is 0 Å². The molecule has 1 atom stereocenters. The first kappa shape index (κ1) is 10.7. The van der Waals surface area contributed by atoms with E-state index < -0.39 is 6.10 Å². The number of nitrogens with two attached hydrogens (primary N) is 1. The lowest BCUT2D eigenvalue weighted by atomic mass is 10.0. The van der Waals surface area contributed by atoms with E-state index in [0.717, 1.165) is 11.4 Å². The van der Waals surface area contributed by atoms with Crippen LogP contribution in [0.4, 0.5) is 5.69 Å². The molecule has 0 fully saturated rings. The molecule has 1 unspecified atom stereocenters. The van der Waals surface area contributed by atoms with Crippen molar-refractivity contribution in [2.24, 2.45) is 7.05 Å². The molecule has 0 aliphatic rings. The Hall–Kier alpha value is -1.81. The van der Waals surface area contributed by atoms with Gasteiger partial charge in [-0.05, 0) is 6.07 Å². The van der Waals surface area contributed by atoms with E-state index in [2.05, 4.69) is 4.98 Å². The second-order valence-electron chi connectivity index (χ2n) is 3.80. The van der Waals surface area contributed by atoms with Crippen LogP contribution in [0.15, 0.2) is 36.7 Å². The number of nitrogen functional groups attached to an aromatic ring is 1. The van der Waals surface area contributed by atoms with Crippen molar-refractivity contribution in [1.29, 1.82) is 0 Å². The van der Waals surface area contributed by atoms with Gasteiger partial charge in [0.15, 0.2) is 0 Å². The van der Waals surface area contributed by atoms with E-state index in [-0.39, 0.29) is 0 Å². The van der Waals surface area contributed by atoms with Crippen molar-refractivity contribution in [2.45, 2.75) is 12.5 Å². The third kappa shape index (κ3) is 2.06. The van der Waals surface area contributed by atoms with Crippen molar-refractivity contribution in [3.8, 4) is 0 Å². The van der Waals surface area contributed by atoms with E-state index in [1.54, 1.807) is 12.3 Å². The predicted octanol–water partition coefficient (Wildman–Crippen LogP) is 1.28. The maximum Gasteiger partial charge on any atom is 0.111 e. The highest BCUT2D eigenvalue weighted by Gasteiger charge is 2.13. The Morgan fingerprint density at radius 2 is 2.19 bits per heavy atom. The maximum atomic E-state index is 10.1. The number of aromatic nitrogens is 2. The third-order valence-electron chi connectivity index (χ3n) is 2.65. The second kappa shape index (κ2) is 4.37. The molecule has 1 heterocycles. The van der Waals surface area contributed by atoms with Crippen molar-refractivity contribution in [3.63, 3.8) is 0 Å². The molecule has 2 aromatic rings. The van der Waals surface area contributed by atoms with Crippen LogP contribution in [0, 0.1) is 0 Å². The average Bonchev–Trinajstić information content (AvgIpc) is 2.65. The quantitative estimate of drug-likeness (QED) is 0.761. The van der Waals surface area contributed by atoms with Gasteiger partial charge < -0.3 is 15.4 Å². The molecule has 84 valence electrons. The monoisotopic (exact) mass is 217 g/mol. The van der Waals surface area contributed by atoms with Crippen molar-refractivity contribution < 1.29 is 5.11 Å². The zero-order valence-electron chi connectivity index (χ0n) is 9.17. The summed E-state index contributed by atoms with van der Waals surface area (Å²) in [6.07, 6.45) is 3.44. The molecule has 1 aromatic heterocycles. The average molecular weight is 217 g/mol. The van der Waals surface area contributed by atoms with E-state index in [1.165, 1.54) is 0 Å². The van der Waals surface area contributed by atoms with Crippen LogP contribution in [0.3, 0.4) is 0 Å². The molecule has 0 spiro atoms. The SMILES string of the molecule is Cn1ccnc1CC(O)c1ccccc1N. The number of rotatable bonds is 3. The van der Waals surface area contributed by atoms with Gasteiger partial charge in [-0.2, -0.15) is 0 Å². The fraction of sp³-hybridized carbons (Fsp3) is 0.250. The summed E-state index contributed by atoms with van der Waals surface area (Å²) < 4.78 is 1.89. The highest BCUT2D eigenvalue weighted by atomic mass is 16.3. The van der Waals surface area contributed by atoms with Gasteiger partial charge >= 0.3 is 0 Å². The number of aliphatic hydroxyl groups excluding tert-OH is 1. The first-order valence-electron chi connectivity index (χ1n) is 5.17. The summed E-state index contributed by atoms with van der Waals surface area (Å²) in [4.78, 5) is 4.17. The molecule has 0 saturated heterocycles. The van der Waals surface area contributed by atoms with Crippen LogP contribution in [0.5, 0.6) is 0 Å². The maximum absolute atomic E-state index is 10.1. The summed E-state index contributed by atoms with van der Waals surface area (Å²) in [6.45, 7) is 0. The van der Waals surface area contributed by atoms with Crippen LogP contribution in [-0.4, -0.2) is 14.7 Å². The smallest absolute Gasteiger partial charge is 0.111 e. The Bertz CT molecular complexity index is 479. The van der Waals surface area contributed by atoms with E-state index in [1.807, 2.05) is 36.0 Å². The second-order valence-corrected chi connectivity index (χ2v) is 3.80. The molecular weight excluding hydrogens is 202 g/mol. The van der Waals surface area contributed by atoms with Crippen LogP contribution >= 0.6 is 0 Å². The first-order valence-corrected chi connectivity index (χ1v) is 5.17. The van der Waals surface area contributed by atoms with Crippen molar-refractivity contribution in [2.75, 3.05) is 5.73 Å². The van der Waals surface area contributed by atoms with Crippen LogP contribution in [0.25, 0.3) is 0 Å². The lowest BCUT2D eigenvalue weighted by molar-refractivity contribution is 0.175. The van der Waals surface area contributed by atoms with E-state index >= 15 is 0 Å². The van der Waals surface area contributed by atoms with Gasteiger partial charge in [-0.15, -0.1) is 0 Å². The molecule has 0 amide bonds. The number of anilines is 1. The topological polar surface area (TPSA) is 64.1 Å².